The zero-order chi connectivity index (χ0) is 37.0. The van der Waals surface area contributed by atoms with Crippen molar-refractivity contribution >= 4 is 43.7 Å². The van der Waals surface area contributed by atoms with Crippen LogP contribution < -0.4 is 0 Å². The third-order valence-corrected chi connectivity index (χ3v) is 11.2. The van der Waals surface area contributed by atoms with Gasteiger partial charge in [0.1, 0.15) is 11.2 Å². The monoisotopic (exact) mass is 713 g/mol. The average Bonchev–Trinajstić information content (AvgIpc) is 3.82. The number of rotatable bonds is 6. The van der Waals surface area contributed by atoms with Crippen molar-refractivity contribution in [2.24, 2.45) is 0 Å². The van der Waals surface area contributed by atoms with Crippen LogP contribution in [0.3, 0.4) is 0 Å². The molecule has 0 bridgehead atoms. The summed E-state index contributed by atoms with van der Waals surface area (Å²) in [6.45, 7) is 0. The lowest BCUT2D eigenvalue weighted by molar-refractivity contribution is 0.669. The van der Waals surface area contributed by atoms with Crippen LogP contribution in [0, 0.1) is 0 Å². The van der Waals surface area contributed by atoms with Crippen molar-refractivity contribution in [1.29, 1.82) is 0 Å². The molecule has 0 unspecified atom stereocenters. The number of hydrogen-bond acceptors (Lipinski definition) is 1. The van der Waals surface area contributed by atoms with Crippen LogP contribution in [0.2, 0.25) is 0 Å². The van der Waals surface area contributed by atoms with Crippen molar-refractivity contribution < 1.29 is 4.42 Å². The SMILES string of the molecule is c1ccc(-c2c(-c3ccccc3)c(-c3ccccc3)c3c(c2-c2ccccc2)c2cc(-c4ccc5c(c4)oc4ccccc45)ccc2n3-c2ccccc2)cc1. The number of furan rings is 1. The van der Waals surface area contributed by atoms with Crippen molar-refractivity contribution in [2.75, 3.05) is 0 Å². The van der Waals surface area contributed by atoms with Gasteiger partial charge in [-0.3, -0.25) is 0 Å². The van der Waals surface area contributed by atoms with Crippen LogP contribution >= 0.6 is 0 Å². The normalized spacial score (nSPS) is 11.6. The first-order valence-electron chi connectivity index (χ1n) is 19.2. The highest BCUT2D eigenvalue weighted by Crippen LogP contribution is 2.54. The molecule has 0 aliphatic rings. The van der Waals surface area contributed by atoms with Crippen molar-refractivity contribution in [1.82, 2.24) is 4.57 Å². The summed E-state index contributed by atoms with van der Waals surface area (Å²) in [5.41, 5.74) is 17.1. The van der Waals surface area contributed by atoms with Gasteiger partial charge in [0.25, 0.3) is 0 Å². The van der Waals surface area contributed by atoms with Crippen LogP contribution in [-0.2, 0) is 0 Å². The fourth-order valence-electron chi connectivity index (χ4n) is 8.77. The molecule has 0 aliphatic carbocycles. The van der Waals surface area contributed by atoms with Gasteiger partial charge in [-0.05, 0) is 81.4 Å². The molecule has 0 saturated carbocycles. The summed E-state index contributed by atoms with van der Waals surface area (Å²) in [4.78, 5) is 0. The summed E-state index contributed by atoms with van der Waals surface area (Å²) in [5, 5.41) is 4.68. The Labute approximate surface area is 325 Å². The number of nitrogens with zero attached hydrogens (tertiary/aromatic N) is 1. The van der Waals surface area contributed by atoms with Crippen LogP contribution in [-0.4, -0.2) is 4.57 Å². The summed E-state index contributed by atoms with van der Waals surface area (Å²) >= 11 is 0. The van der Waals surface area contributed by atoms with E-state index in [0.29, 0.717) is 0 Å². The van der Waals surface area contributed by atoms with E-state index in [0.717, 1.165) is 44.3 Å². The smallest absolute Gasteiger partial charge is 0.136 e. The minimum absolute atomic E-state index is 0.894. The van der Waals surface area contributed by atoms with E-state index < -0.39 is 0 Å². The molecule has 0 atom stereocenters. The standard InChI is InChI=1S/C54H35NO/c1-6-18-36(19-7-1)49-50(37-20-8-2-9-21-37)52(39-24-12-4-13-25-39)54-53(51(49)38-22-10-3-11-23-38)45-34-40(31-33-46(45)55(54)42-26-14-5-15-27-42)41-30-32-44-43-28-16-17-29-47(43)56-48(44)35-41/h1-35H. The molecular formula is C54H35NO. The Balaban J connectivity index is 1.36. The molecule has 0 radical (unpaired) electrons. The average molecular weight is 714 g/mol. The van der Waals surface area contributed by atoms with E-state index in [1.54, 1.807) is 0 Å². The fraction of sp³-hybridized carbons (Fsp3) is 0. The molecule has 0 fully saturated rings. The lowest BCUT2D eigenvalue weighted by Gasteiger charge is -2.24. The molecule has 0 amide bonds. The van der Waals surface area contributed by atoms with Crippen molar-refractivity contribution in [3.63, 3.8) is 0 Å². The summed E-state index contributed by atoms with van der Waals surface area (Å²) in [6, 6.07) is 76.5. The van der Waals surface area contributed by atoms with E-state index in [4.69, 9.17) is 4.42 Å². The lowest BCUT2D eigenvalue weighted by Crippen LogP contribution is -2.00. The van der Waals surface area contributed by atoms with Crippen LogP contribution in [0.15, 0.2) is 217 Å². The quantitative estimate of drug-likeness (QED) is 0.168. The van der Waals surface area contributed by atoms with Gasteiger partial charge in [0.15, 0.2) is 0 Å². The zero-order valence-electron chi connectivity index (χ0n) is 30.6. The van der Waals surface area contributed by atoms with E-state index in [1.165, 1.54) is 60.8 Å². The highest BCUT2D eigenvalue weighted by molar-refractivity contribution is 6.27. The number of benzene rings is 9. The first-order valence-corrected chi connectivity index (χ1v) is 19.2. The molecular weight excluding hydrogens is 679 g/mol. The van der Waals surface area contributed by atoms with Crippen LogP contribution in [0.4, 0.5) is 0 Å². The van der Waals surface area contributed by atoms with Gasteiger partial charge in [0.05, 0.1) is 11.0 Å². The molecule has 9 aromatic carbocycles. The number of hydrogen-bond donors (Lipinski definition) is 0. The molecule has 262 valence electrons. The van der Waals surface area contributed by atoms with Gasteiger partial charge in [-0.1, -0.05) is 170 Å². The van der Waals surface area contributed by atoms with Gasteiger partial charge in [0, 0.05) is 43.9 Å². The first kappa shape index (κ1) is 32.0. The minimum Gasteiger partial charge on any atom is -0.456 e. The molecule has 0 aliphatic heterocycles. The molecule has 11 rings (SSSR count). The Morgan fingerprint density at radius 1 is 0.304 bits per heavy atom. The van der Waals surface area contributed by atoms with Crippen LogP contribution in [0.1, 0.15) is 0 Å². The maximum Gasteiger partial charge on any atom is 0.136 e. The van der Waals surface area contributed by atoms with Gasteiger partial charge >= 0.3 is 0 Å². The van der Waals surface area contributed by atoms with E-state index in [9.17, 15) is 0 Å². The van der Waals surface area contributed by atoms with E-state index in [1.807, 2.05) is 12.1 Å². The van der Waals surface area contributed by atoms with E-state index in [2.05, 4.69) is 205 Å². The van der Waals surface area contributed by atoms with Gasteiger partial charge in [-0.25, -0.2) is 0 Å². The largest absolute Gasteiger partial charge is 0.456 e. The molecule has 2 heterocycles. The predicted molar refractivity (Wildman–Crippen MR) is 235 cm³/mol. The summed E-state index contributed by atoms with van der Waals surface area (Å²) in [6.07, 6.45) is 0. The molecule has 0 saturated heterocycles. The molecule has 2 heteroatoms. The van der Waals surface area contributed by atoms with Gasteiger partial charge in [-0.2, -0.15) is 0 Å². The topological polar surface area (TPSA) is 18.1 Å². The molecule has 0 spiro atoms. The van der Waals surface area contributed by atoms with Crippen molar-refractivity contribution in [2.45, 2.75) is 0 Å². The number of aromatic nitrogens is 1. The Kier molecular flexibility index (Phi) is 7.53. The molecule has 0 N–H and O–H groups in total. The van der Waals surface area contributed by atoms with Crippen LogP contribution in [0.5, 0.6) is 0 Å². The molecule has 11 aromatic rings. The van der Waals surface area contributed by atoms with Gasteiger partial charge < -0.3 is 8.98 Å². The second-order valence-corrected chi connectivity index (χ2v) is 14.4. The minimum atomic E-state index is 0.894. The highest BCUT2D eigenvalue weighted by atomic mass is 16.3. The second kappa shape index (κ2) is 13.2. The maximum atomic E-state index is 6.39. The number of fused-ring (bicyclic) bond motifs is 6. The predicted octanol–water partition coefficient (Wildman–Crippen LogP) is 15.0. The Bertz CT molecular complexity index is 3200. The van der Waals surface area contributed by atoms with Crippen molar-refractivity contribution in [3.8, 4) is 61.3 Å². The van der Waals surface area contributed by atoms with Gasteiger partial charge in [-0.15, -0.1) is 0 Å². The van der Waals surface area contributed by atoms with Crippen LogP contribution in [0.25, 0.3) is 105 Å². The summed E-state index contributed by atoms with van der Waals surface area (Å²) < 4.78 is 8.88. The third-order valence-electron chi connectivity index (χ3n) is 11.2. The van der Waals surface area contributed by atoms with E-state index in [-0.39, 0.29) is 0 Å². The number of para-hydroxylation sites is 2. The zero-order valence-corrected chi connectivity index (χ0v) is 30.6. The Hall–Kier alpha value is -7.42. The molecule has 56 heavy (non-hydrogen) atoms. The summed E-state index contributed by atoms with van der Waals surface area (Å²) in [7, 11) is 0. The Morgan fingerprint density at radius 2 is 0.768 bits per heavy atom. The third kappa shape index (κ3) is 5.11. The van der Waals surface area contributed by atoms with E-state index >= 15 is 0 Å². The highest BCUT2D eigenvalue weighted by Gasteiger charge is 2.29. The molecule has 2 nitrogen and oxygen atoms in total. The van der Waals surface area contributed by atoms with Gasteiger partial charge in [0.2, 0.25) is 0 Å². The van der Waals surface area contributed by atoms with Crippen molar-refractivity contribution in [3.05, 3.63) is 212 Å². The second-order valence-electron chi connectivity index (χ2n) is 14.4. The lowest BCUT2D eigenvalue weighted by atomic mass is 9.80. The fourth-order valence-corrected chi connectivity index (χ4v) is 8.77. The Morgan fingerprint density at radius 3 is 1.39 bits per heavy atom. The first-order chi connectivity index (χ1) is 27.8. The molecule has 2 aromatic heterocycles. The summed E-state index contributed by atoms with van der Waals surface area (Å²) in [5.74, 6) is 0. The maximum absolute atomic E-state index is 6.39.